The van der Waals surface area contributed by atoms with Crippen LogP contribution in [0, 0.1) is 0 Å². The highest BCUT2D eigenvalue weighted by molar-refractivity contribution is 7.19. The fraction of sp³-hybridized carbons (Fsp3) is 0.389. The number of amides is 4. The quantitative estimate of drug-likeness (QED) is 0.793. The van der Waals surface area contributed by atoms with E-state index in [1.165, 1.54) is 16.2 Å². The number of rotatable bonds is 4. The smallest absolute Gasteiger partial charge is 0.324 e. The van der Waals surface area contributed by atoms with Crippen LogP contribution in [0.5, 0.6) is 0 Å². The SMILES string of the molecule is CCN1CCN(C(=O)NC[C@@](C)(O)c2cc3ccccc3s2)C(=O)C1=O. The lowest BCUT2D eigenvalue weighted by Crippen LogP contribution is -2.58. The number of urea groups is 1. The van der Waals surface area contributed by atoms with Crippen LogP contribution in [0.15, 0.2) is 30.3 Å². The molecule has 7 nitrogen and oxygen atoms in total. The minimum Gasteiger partial charge on any atom is -0.383 e. The monoisotopic (exact) mass is 375 g/mol. The van der Waals surface area contributed by atoms with Gasteiger partial charge in [0, 0.05) is 29.2 Å². The van der Waals surface area contributed by atoms with Gasteiger partial charge < -0.3 is 15.3 Å². The Hall–Kier alpha value is -2.45. The number of imide groups is 1. The third-order valence-corrected chi connectivity index (χ3v) is 5.85. The summed E-state index contributed by atoms with van der Waals surface area (Å²) in [6, 6.07) is 9.00. The number of carbonyl (C=O) groups excluding carboxylic acids is 3. The van der Waals surface area contributed by atoms with E-state index in [0.29, 0.717) is 13.1 Å². The molecule has 0 bridgehead atoms. The van der Waals surface area contributed by atoms with Gasteiger partial charge in [-0.25, -0.2) is 4.79 Å². The molecule has 0 radical (unpaired) electrons. The lowest BCUT2D eigenvalue weighted by atomic mass is 10.0. The van der Waals surface area contributed by atoms with Crippen molar-refractivity contribution >= 4 is 39.3 Å². The van der Waals surface area contributed by atoms with Gasteiger partial charge >= 0.3 is 17.8 Å². The zero-order valence-corrected chi connectivity index (χ0v) is 15.5. The van der Waals surface area contributed by atoms with Crippen LogP contribution in [0.2, 0.25) is 0 Å². The van der Waals surface area contributed by atoms with Crippen LogP contribution in [0.1, 0.15) is 18.7 Å². The summed E-state index contributed by atoms with van der Waals surface area (Å²) in [7, 11) is 0. The third kappa shape index (κ3) is 3.42. The van der Waals surface area contributed by atoms with Gasteiger partial charge in [-0.05, 0) is 31.4 Å². The number of fused-ring (bicyclic) bond motifs is 1. The van der Waals surface area contributed by atoms with E-state index in [-0.39, 0.29) is 13.1 Å². The minimum atomic E-state index is -1.28. The maximum atomic E-state index is 12.3. The fourth-order valence-electron chi connectivity index (χ4n) is 2.85. The number of likely N-dealkylation sites (N-methyl/N-ethyl adjacent to an activating group) is 1. The molecule has 26 heavy (non-hydrogen) atoms. The fourth-order valence-corrected chi connectivity index (χ4v) is 3.95. The topological polar surface area (TPSA) is 89.9 Å². The summed E-state index contributed by atoms with van der Waals surface area (Å²) in [5.41, 5.74) is -1.28. The Labute approximate surface area is 155 Å². The van der Waals surface area contributed by atoms with E-state index in [4.69, 9.17) is 0 Å². The van der Waals surface area contributed by atoms with Gasteiger partial charge in [-0.15, -0.1) is 11.3 Å². The Morgan fingerprint density at radius 3 is 2.69 bits per heavy atom. The number of carbonyl (C=O) groups is 3. The molecule has 8 heteroatoms. The third-order valence-electron chi connectivity index (χ3n) is 4.48. The zero-order valence-electron chi connectivity index (χ0n) is 14.7. The van der Waals surface area contributed by atoms with E-state index in [9.17, 15) is 19.5 Å². The number of nitrogens with one attached hydrogen (secondary N) is 1. The number of aliphatic hydroxyl groups is 1. The Morgan fingerprint density at radius 2 is 2.00 bits per heavy atom. The second kappa shape index (κ2) is 7.05. The summed E-state index contributed by atoms with van der Waals surface area (Å²) in [5, 5.41) is 14.3. The molecule has 1 aromatic heterocycles. The van der Waals surface area contributed by atoms with E-state index < -0.39 is 23.4 Å². The van der Waals surface area contributed by atoms with Crippen molar-refractivity contribution in [1.29, 1.82) is 0 Å². The maximum Gasteiger partial charge on any atom is 0.324 e. The number of piperazine rings is 1. The van der Waals surface area contributed by atoms with Crippen LogP contribution in [0.3, 0.4) is 0 Å². The summed E-state index contributed by atoms with van der Waals surface area (Å²) >= 11 is 1.45. The molecule has 1 fully saturated rings. The van der Waals surface area contributed by atoms with E-state index in [1.54, 1.807) is 13.8 Å². The first-order valence-electron chi connectivity index (χ1n) is 8.43. The van der Waals surface area contributed by atoms with Crippen molar-refractivity contribution in [2.45, 2.75) is 19.4 Å². The predicted molar refractivity (Wildman–Crippen MR) is 98.8 cm³/mol. The van der Waals surface area contributed by atoms with Crippen molar-refractivity contribution in [2.75, 3.05) is 26.2 Å². The van der Waals surface area contributed by atoms with Gasteiger partial charge in [-0.1, -0.05) is 18.2 Å². The zero-order chi connectivity index (χ0) is 18.9. The Morgan fingerprint density at radius 1 is 1.27 bits per heavy atom. The molecule has 2 N–H and O–H groups in total. The lowest BCUT2D eigenvalue weighted by molar-refractivity contribution is -0.153. The molecule has 0 saturated carbocycles. The van der Waals surface area contributed by atoms with Crippen molar-refractivity contribution in [2.24, 2.45) is 0 Å². The van der Waals surface area contributed by atoms with Gasteiger partial charge in [0.2, 0.25) is 0 Å². The number of thiophene rings is 1. The first-order valence-corrected chi connectivity index (χ1v) is 9.25. The van der Waals surface area contributed by atoms with Crippen LogP contribution in [0.25, 0.3) is 10.1 Å². The summed E-state index contributed by atoms with van der Waals surface area (Å²) in [4.78, 5) is 39.3. The van der Waals surface area contributed by atoms with Crippen molar-refractivity contribution in [3.8, 4) is 0 Å². The van der Waals surface area contributed by atoms with Crippen LogP contribution >= 0.6 is 11.3 Å². The highest BCUT2D eigenvalue weighted by Gasteiger charge is 2.36. The van der Waals surface area contributed by atoms with Crippen molar-refractivity contribution in [3.63, 3.8) is 0 Å². The summed E-state index contributed by atoms with van der Waals surface area (Å²) < 4.78 is 1.05. The van der Waals surface area contributed by atoms with E-state index in [2.05, 4.69) is 5.32 Å². The second-order valence-electron chi connectivity index (χ2n) is 6.42. The van der Waals surface area contributed by atoms with Gasteiger partial charge in [-0.2, -0.15) is 0 Å². The molecular formula is C18H21N3O4S. The Balaban J connectivity index is 1.66. The predicted octanol–water partition coefficient (Wildman–Crippen LogP) is 1.51. The van der Waals surface area contributed by atoms with Gasteiger partial charge in [0.05, 0.1) is 6.54 Å². The summed E-state index contributed by atoms with van der Waals surface area (Å²) in [6.07, 6.45) is 0. The number of hydrogen-bond donors (Lipinski definition) is 2. The number of nitrogens with zero attached hydrogens (tertiary/aromatic N) is 2. The highest BCUT2D eigenvalue weighted by atomic mass is 32.1. The van der Waals surface area contributed by atoms with Gasteiger partial charge in [-0.3, -0.25) is 14.5 Å². The van der Waals surface area contributed by atoms with Crippen LogP contribution in [-0.4, -0.2) is 58.9 Å². The van der Waals surface area contributed by atoms with Crippen LogP contribution in [0.4, 0.5) is 4.79 Å². The first-order chi connectivity index (χ1) is 12.3. The number of benzene rings is 1. The largest absolute Gasteiger partial charge is 0.383 e. The lowest BCUT2D eigenvalue weighted by Gasteiger charge is -2.32. The Bertz CT molecular complexity index is 828. The highest BCUT2D eigenvalue weighted by Crippen LogP contribution is 2.32. The summed E-state index contributed by atoms with van der Waals surface area (Å²) in [5.74, 6) is -1.51. The van der Waals surface area contributed by atoms with Crippen molar-refractivity contribution in [3.05, 3.63) is 35.2 Å². The molecule has 4 amide bonds. The molecule has 2 aromatic rings. The molecule has 1 atom stereocenters. The average Bonchev–Trinajstić information content (AvgIpc) is 3.07. The molecule has 2 heterocycles. The van der Waals surface area contributed by atoms with Crippen LogP contribution < -0.4 is 5.32 Å². The molecule has 1 saturated heterocycles. The van der Waals surface area contributed by atoms with E-state index >= 15 is 0 Å². The Kier molecular flexibility index (Phi) is 4.97. The molecule has 1 aliphatic heterocycles. The van der Waals surface area contributed by atoms with Gasteiger partial charge in [0.15, 0.2) is 0 Å². The van der Waals surface area contributed by atoms with Crippen LogP contribution in [-0.2, 0) is 15.2 Å². The van der Waals surface area contributed by atoms with Gasteiger partial charge in [0.1, 0.15) is 5.60 Å². The first kappa shape index (κ1) is 18.3. The molecule has 1 aromatic carbocycles. The molecule has 138 valence electrons. The number of hydrogen-bond acceptors (Lipinski definition) is 5. The van der Waals surface area contributed by atoms with E-state index in [0.717, 1.165) is 19.9 Å². The molecular weight excluding hydrogens is 354 g/mol. The van der Waals surface area contributed by atoms with Gasteiger partial charge in [0.25, 0.3) is 0 Å². The molecule has 0 aliphatic carbocycles. The molecule has 0 unspecified atom stereocenters. The molecule has 1 aliphatic rings. The second-order valence-corrected chi connectivity index (χ2v) is 7.51. The average molecular weight is 375 g/mol. The van der Waals surface area contributed by atoms with E-state index in [1.807, 2.05) is 30.3 Å². The summed E-state index contributed by atoms with van der Waals surface area (Å²) in [6.45, 7) is 4.23. The van der Waals surface area contributed by atoms with Crippen molar-refractivity contribution in [1.82, 2.24) is 15.1 Å². The normalized spacial score (nSPS) is 17.5. The standard InChI is InChI=1S/C18H21N3O4S/c1-3-20-8-9-21(16(23)15(20)22)17(24)19-11-18(2,25)14-10-12-6-4-5-7-13(12)26-14/h4-7,10,25H,3,8-9,11H2,1-2H3,(H,19,24)/t18-/m1/s1. The maximum absolute atomic E-state index is 12.3. The molecule has 3 rings (SSSR count). The van der Waals surface area contributed by atoms with Crippen molar-refractivity contribution < 1.29 is 19.5 Å². The minimum absolute atomic E-state index is 0.0614. The molecule has 0 spiro atoms.